The number of likely N-dealkylation sites (tertiary alicyclic amines) is 1. The quantitative estimate of drug-likeness (QED) is 0.505. The molecule has 1 saturated heterocycles. The van der Waals surface area contributed by atoms with Crippen LogP contribution in [0, 0.1) is 6.92 Å². The Balaban J connectivity index is 1.75. The van der Waals surface area contributed by atoms with Crippen molar-refractivity contribution in [1.29, 1.82) is 0 Å². The molecule has 0 unspecified atom stereocenters. The number of nitrogens with zero attached hydrogens (tertiary/aromatic N) is 4. The van der Waals surface area contributed by atoms with Crippen LogP contribution in [0.15, 0.2) is 30.5 Å². The van der Waals surface area contributed by atoms with Gasteiger partial charge in [0.25, 0.3) is 5.91 Å². The number of hydrogen-bond acceptors (Lipinski definition) is 6. The first kappa shape index (κ1) is 24.8. The number of carbonyl (C=O) groups is 2. The Morgan fingerprint density at radius 1 is 1.23 bits per heavy atom. The summed E-state index contributed by atoms with van der Waals surface area (Å²) >= 11 is 6.53. The van der Waals surface area contributed by atoms with E-state index < -0.39 is 5.60 Å². The van der Waals surface area contributed by atoms with E-state index in [4.69, 9.17) is 16.3 Å². The molecule has 0 spiro atoms. The molecule has 0 bridgehead atoms. The van der Waals surface area contributed by atoms with Crippen LogP contribution < -0.4 is 5.32 Å². The number of pyridine rings is 1. The third-order valence-corrected chi connectivity index (χ3v) is 6.19. The molecule has 9 nitrogen and oxygen atoms in total. The number of hydrogen-bond donors (Lipinski definition) is 2. The van der Waals surface area contributed by atoms with Crippen LogP contribution in [0.1, 0.15) is 62.1 Å². The van der Waals surface area contributed by atoms with E-state index in [1.807, 2.05) is 32.3 Å². The van der Waals surface area contributed by atoms with Crippen LogP contribution in [-0.2, 0) is 4.74 Å². The van der Waals surface area contributed by atoms with Crippen molar-refractivity contribution in [2.75, 3.05) is 18.4 Å². The molecule has 3 heterocycles. The fourth-order valence-corrected chi connectivity index (χ4v) is 4.51. The second kappa shape index (κ2) is 9.73. The molecule has 35 heavy (non-hydrogen) atoms. The van der Waals surface area contributed by atoms with Crippen LogP contribution >= 0.6 is 11.6 Å². The average molecular weight is 500 g/mol. The molecule has 10 heteroatoms. The van der Waals surface area contributed by atoms with Gasteiger partial charge in [-0.2, -0.15) is 0 Å². The number of phenols is 1. The van der Waals surface area contributed by atoms with Gasteiger partial charge in [-0.1, -0.05) is 11.6 Å². The van der Waals surface area contributed by atoms with Crippen molar-refractivity contribution in [1.82, 2.24) is 19.4 Å². The van der Waals surface area contributed by atoms with Crippen molar-refractivity contribution in [2.24, 2.45) is 0 Å². The highest BCUT2D eigenvalue weighted by molar-refractivity contribution is 6.36. The van der Waals surface area contributed by atoms with Gasteiger partial charge in [-0.3, -0.25) is 15.1 Å². The molecule has 1 fully saturated rings. The highest BCUT2D eigenvalue weighted by Gasteiger charge is 2.30. The number of aryl methyl sites for hydroxylation is 1. The zero-order chi connectivity index (χ0) is 25.3. The number of halogens is 1. The van der Waals surface area contributed by atoms with Gasteiger partial charge in [0, 0.05) is 30.5 Å². The number of benzene rings is 1. The van der Waals surface area contributed by atoms with Crippen LogP contribution in [-0.4, -0.2) is 55.2 Å². The van der Waals surface area contributed by atoms with E-state index in [0.29, 0.717) is 35.6 Å². The SMILES string of the molecule is Cc1cc(C(=O)Nc2nc3ccc(O)c(Cl)c3n2[C@@H]2CCCCN(C(=O)OC(C)(C)C)C2)ccn1. The number of rotatable bonds is 3. The van der Waals surface area contributed by atoms with Crippen LogP contribution in [0.4, 0.5) is 10.7 Å². The summed E-state index contributed by atoms with van der Waals surface area (Å²) in [6.07, 6.45) is 3.59. The number of ether oxygens (including phenoxy) is 1. The van der Waals surface area contributed by atoms with Gasteiger partial charge in [-0.05, 0) is 71.2 Å². The fraction of sp³-hybridized carbons (Fsp3) is 0.440. The van der Waals surface area contributed by atoms with Crippen LogP contribution in [0.5, 0.6) is 5.75 Å². The Bertz CT molecular complexity index is 1270. The molecule has 1 aromatic carbocycles. The number of imidazole rings is 1. The van der Waals surface area contributed by atoms with Crippen LogP contribution in [0.25, 0.3) is 11.0 Å². The van der Waals surface area contributed by atoms with Crippen molar-refractivity contribution >= 4 is 40.6 Å². The average Bonchev–Trinajstić information content (AvgIpc) is 2.96. The third kappa shape index (κ3) is 5.51. The first-order chi connectivity index (χ1) is 16.5. The summed E-state index contributed by atoms with van der Waals surface area (Å²) in [5, 5.41) is 13.4. The largest absolute Gasteiger partial charge is 0.506 e. The Morgan fingerprint density at radius 3 is 2.71 bits per heavy atom. The molecule has 4 rings (SSSR count). The smallest absolute Gasteiger partial charge is 0.410 e. The predicted molar refractivity (Wildman–Crippen MR) is 134 cm³/mol. The number of nitrogens with one attached hydrogen (secondary N) is 1. The molecule has 1 aliphatic rings. The summed E-state index contributed by atoms with van der Waals surface area (Å²) in [4.78, 5) is 36.4. The van der Waals surface area contributed by atoms with Gasteiger partial charge in [0.15, 0.2) is 0 Å². The van der Waals surface area contributed by atoms with E-state index in [-0.39, 0.29) is 28.8 Å². The molecule has 0 aliphatic carbocycles. The van der Waals surface area contributed by atoms with Gasteiger partial charge < -0.3 is 19.3 Å². The lowest BCUT2D eigenvalue weighted by Crippen LogP contribution is -2.39. The molecule has 2 N–H and O–H groups in total. The second-order valence-corrected chi connectivity index (χ2v) is 10.2. The Hall–Kier alpha value is -3.33. The molecule has 0 radical (unpaired) electrons. The number of fused-ring (bicyclic) bond motifs is 1. The molecule has 1 atom stereocenters. The summed E-state index contributed by atoms with van der Waals surface area (Å²) in [7, 11) is 0. The molecule has 186 valence electrons. The number of aromatic nitrogens is 3. The minimum atomic E-state index is -0.614. The molecule has 1 aliphatic heterocycles. The fourth-order valence-electron chi connectivity index (χ4n) is 4.26. The van der Waals surface area contributed by atoms with Crippen LogP contribution in [0.2, 0.25) is 5.02 Å². The molecule has 0 saturated carbocycles. The summed E-state index contributed by atoms with van der Waals surface area (Å²) in [5.41, 5.74) is 1.58. The number of anilines is 1. The zero-order valence-electron chi connectivity index (χ0n) is 20.3. The van der Waals surface area contributed by atoms with E-state index in [1.165, 1.54) is 6.07 Å². The number of amides is 2. The maximum Gasteiger partial charge on any atom is 0.410 e. The number of aromatic hydroxyl groups is 1. The zero-order valence-corrected chi connectivity index (χ0v) is 21.1. The highest BCUT2D eigenvalue weighted by atomic mass is 35.5. The van der Waals surface area contributed by atoms with Gasteiger partial charge >= 0.3 is 6.09 Å². The number of carbonyl (C=O) groups excluding carboxylic acids is 2. The van der Waals surface area contributed by atoms with Crippen molar-refractivity contribution in [3.05, 3.63) is 46.7 Å². The van der Waals surface area contributed by atoms with Crippen molar-refractivity contribution in [3.8, 4) is 5.75 Å². The normalized spacial score (nSPS) is 16.7. The lowest BCUT2D eigenvalue weighted by molar-refractivity contribution is 0.0238. The Kier molecular flexibility index (Phi) is 6.89. The monoisotopic (exact) mass is 499 g/mol. The van der Waals surface area contributed by atoms with Crippen molar-refractivity contribution < 1.29 is 19.4 Å². The Labute approximate surface area is 209 Å². The van der Waals surface area contributed by atoms with Gasteiger partial charge in [0.05, 0.1) is 17.1 Å². The van der Waals surface area contributed by atoms with Crippen molar-refractivity contribution in [3.63, 3.8) is 0 Å². The molecule has 3 aromatic rings. The van der Waals surface area contributed by atoms with E-state index >= 15 is 0 Å². The van der Waals surface area contributed by atoms with Crippen molar-refractivity contribution in [2.45, 2.75) is 58.6 Å². The van der Waals surface area contributed by atoms with Gasteiger partial charge in [-0.25, -0.2) is 9.78 Å². The van der Waals surface area contributed by atoms with Gasteiger partial charge in [0.1, 0.15) is 16.4 Å². The summed E-state index contributed by atoms with van der Waals surface area (Å²) < 4.78 is 7.44. The lowest BCUT2D eigenvalue weighted by atomic mass is 10.1. The predicted octanol–water partition coefficient (Wildman–Crippen LogP) is 5.31. The van der Waals surface area contributed by atoms with E-state index in [2.05, 4.69) is 15.3 Å². The molecular formula is C25H30ClN5O4. The van der Waals surface area contributed by atoms with E-state index in [9.17, 15) is 14.7 Å². The van der Waals surface area contributed by atoms with Gasteiger partial charge in [0.2, 0.25) is 5.95 Å². The topological polar surface area (TPSA) is 110 Å². The standard InChI is InChI=1S/C25H30ClN5O4/c1-15-13-16(10-11-27-15)22(33)29-23-28-18-8-9-19(32)20(26)21(18)31(23)17-7-5-6-12-30(14-17)24(34)35-25(2,3)4/h8-11,13,17,32H,5-7,12,14H2,1-4H3,(H,28,29,33)/t17-/m1/s1. The maximum absolute atomic E-state index is 13.1. The second-order valence-electron chi connectivity index (χ2n) is 9.79. The number of phenolic OH excluding ortho intramolecular Hbond substituents is 1. The highest BCUT2D eigenvalue weighted by Crippen LogP contribution is 2.38. The van der Waals surface area contributed by atoms with Crippen LogP contribution in [0.3, 0.4) is 0 Å². The van der Waals surface area contributed by atoms with E-state index in [0.717, 1.165) is 25.0 Å². The first-order valence-electron chi connectivity index (χ1n) is 11.6. The first-order valence-corrected chi connectivity index (χ1v) is 12.0. The summed E-state index contributed by atoms with van der Waals surface area (Å²) in [5.74, 6) is -0.131. The lowest BCUT2D eigenvalue weighted by Gasteiger charge is -2.29. The molecule has 2 aromatic heterocycles. The van der Waals surface area contributed by atoms with E-state index in [1.54, 1.807) is 29.3 Å². The maximum atomic E-state index is 13.1. The minimum Gasteiger partial charge on any atom is -0.506 e. The third-order valence-electron chi connectivity index (χ3n) is 5.82. The Morgan fingerprint density at radius 2 is 2.00 bits per heavy atom. The molecular weight excluding hydrogens is 470 g/mol. The van der Waals surface area contributed by atoms with Gasteiger partial charge in [-0.15, -0.1) is 0 Å². The summed E-state index contributed by atoms with van der Waals surface area (Å²) in [6.45, 7) is 8.23. The summed E-state index contributed by atoms with van der Waals surface area (Å²) in [6, 6.07) is 6.20. The molecule has 2 amide bonds. The minimum absolute atomic E-state index is 0.0828.